The fourth-order valence-corrected chi connectivity index (χ4v) is 1.76. The molecule has 1 atom stereocenters. The van der Waals surface area contributed by atoms with Crippen molar-refractivity contribution in [3.63, 3.8) is 0 Å². The van der Waals surface area contributed by atoms with E-state index in [0.717, 1.165) is 13.0 Å². The van der Waals surface area contributed by atoms with Gasteiger partial charge < -0.3 is 5.73 Å². The summed E-state index contributed by atoms with van der Waals surface area (Å²) in [6, 6.07) is 0. The first-order chi connectivity index (χ1) is 6.76. The maximum Gasteiger partial charge on any atom is 0.0521 e. The molecule has 0 aromatic carbocycles. The third kappa shape index (κ3) is 3.50. The first kappa shape index (κ1) is 11.2. The van der Waals surface area contributed by atoms with Crippen molar-refractivity contribution in [1.82, 2.24) is 9.78 Å². The van der Waals surface area contributed by atoms with Crippen molar-refractivity contribution in [3.8, 4) is 0 Å². The summed E-state index contributed by atoms with van der Waals surface area (Å²) in [6.07, 6.45) is 8.80. The van der Waals surface area contributed by atoms with Crippen LogP contribution in [0.3, 0.4) is 0 Å². The lowest BCUT2D eigenvalue weighted by Crippen LogP contribution is -2.14. The molecule has 1 heterocycles. The molecule has 0 saturated heterocycles. The predicted molar refractivity (Wildman–Crippen MR) is 59.0 cm³/mol. The molecule has 1 unspecified atom stereocenters. The number of hydrogen-bond acceptors (Lipinski definition) is 2. The summed E-state index contributed by atoms with van der Waals surface area (Å²) >= 11 is 0. The molecular formula is C11H21N3. The van der Waals surface area contributed by atoms with Crippen molar-refractivity contribution in [2.45, 2.75) is 32.6 Å². The minimum absolute atomic E-state index is 0.681. The van der Waals surface area contributed by atoms with Crippen LogP contribution in [-0.2, 0) is 13.5 Å². The highest BCUT2D eigenvalue weighted by molar-refractivity contribution is 5.03. The molecule has 0 bridgehead atoms. The summed E-state index contributed by atoms with van der Waals surface area (Å²) in [4.78, 5) is 0. The van der Waals surface area contributed by atoms with E-state index in [4.69, 9.17) is 5.73 Å². The van der Waals surface area contributed by atoms with Crippen molar-refractivity contribution in [2.24, 2.45) is 18.7 Å². The molecule has 0 amide bonds. The molecule has 1 aromatic heterocycles. The molecule has 2 N–H and O–H groups in total. The Morgan fingerprint density at radius 2 is 2.29 bits per heavy atom. The predicted octanol–water partition coefficient (Wildman–Crippen LogP) is 1.73. The second-order valence-electron chi connectivity index (χ2n) is 3.95. The van der Waals surface area contributed by atoms with Gasteiger partial charge in [0.25, 0.3) is 0 Å². The van der Waals surface area contributed by atoms with Crippen molar-refractivity contribution in [3.05, 3.63) is 18.0 Å². The molecule has 14 heavy (non-hydrogen) atoms. The second-order valence-corrected chi connectivity index (χ2v) is 3.95. The Bertz CT molecular complexity index is 255. The number of rotatable bonds is 6. The average Bonchev–Trinajstić information content (AvgIpc) is 2.59. The van der Waals surface area contributed by atoms with Crippen LogP contribution in [0.2, 0.25) is 0 Å². The van der Waals surface area contributed by atoms with Crippen LogP contribution in [0.1, 0.15) is 31.7 Å². The van der Waals surface area contributed by atoms with Gasteiger partial charge in [0.2, 0.25) is 0 Å². The van der Waals surface area contributed by atoms with Gasteiger partial charge in [-0.05, 0) is 37.3 Å². The third-order valence-corrected chi connectivity index (χ3v) is 2.63. The third-order valence-electron chi connectivity index (χ3n) is 2.63. The fourth-order valence-electron chi connectivity index (χ4n) is 1.76. The van der Waals surface area contributed by atoms with Gasteiger partial charge in [0, 0.05) is 13.2 Å². The van der Waals surface area contributed by atoms with Crippen LogP contribution >= 0.6 is 0 Å². The smallest absolute Gasteiger partial charge is 0.0521 e. The molecule has 80 valence electrons. The van der Waals surface area contributed by atoms with Gasteiger partial charge in [-0.3, -0.25) is 4.68 Å². The molecule has 0 spiro atoms. The van der Waals surface area contributed by atoms with E-state index in [1.54, 1.807) is 0 Å². The lowest BCUT2D eigenvalue weighted by atomic mass is 9.96. The van der Waals surface area contributed by atoms with Gasteiger partial charge in [-0.2, -0.15) is 5.10 Å². The van der Waals surface area contributed by atoms with E-state index in [1.165, 1.54) is 24.8 Å². The van der Waals surface area contributed by atoms with Crippen LogP contribution in [0, 0.1) is 5.92 Å². The van der Waals surface area contributed by atoms with E-state index in [-0.39, 0.29) is 0 Å². The lowest BCUT2D eigenvalue weighted by molar-refractivity contribution is 0.456. The summed E-state index contributed by atoms with van der Waals surface area (Å²) in [5.74, 6) is 0.681. The maximum atomic E-state index is 5.71. The molecule has 0 fully saturated rings. The average molecular weight is 195 g/mol. The molecule has 0 aliphatic carbocycles. The van der Waals surface area contributed by atoms with Crippen LogP contribution in [0.4, 0.5) is 0 Å². The molecule has 0 radical (unpaired) electrons. The standard InChI is InChI=1S/C11H21N3/c1-3-4-10(7-12)5-6-11-8-13-14(2)9-11/h8-10H,3-7,12H2,1-2H3. The zero-order chi connectivity index (χ0) is 10.4. The van der Waals surface area contributed by atoms with E-state index in [1.807, 2.05) is 17.9 Å². The quantitative estimate of drug-likeness (QED) is 0.751. The van der Waals surface area contributed by atoms with E-state index >= 15 is 0 Å². The topological polar surface area (TPSA) is 43.8 Å². The molecule has 0 aliphatic rings. The summed E-state index contributed by atoms with van der Waals surface area (Å²) in [7, 11) is 1.95. The second kappa shape index (κ2) is 5.81. The molecule has 0 aliphatic heterocycles. The van der Waals surface area contributed by atoms with Crippen molar-refractivity contribution >= 4 is 0 Å². The molecular weight excluding hydrogens is 174 g/mol. The minimum atomic E-state index is 0.681. The molecule has 1 aromatic rings. The molecule has 1 rings (SSSR count). The number of hydrogen-bond donors (Lipinski definition) is 1. The Labute approximate surface area is 86.3 Å². The normalized spacial score (nSPS) is 13.1. The largest absolute Gasteiger partial charge is 0.330 e. The Morgan fingerprint density at radius 1 is 1.50 bits per heavy atom. The molecule has 3 heteroatoms. The first-order valence-electron chi connectivity index (χ1n) is 5.43. The molecule has 0 saturated carbocycles. The van der Waals surface area contributed by atoms with Gasteiger partial charge in [0.15, 0.2) is 0 Å². The fraction of sp³-hybridized carbons (Fsp3) is 0.727. The summed E-state index contributed by atoms with van der Waals surface area (Å²) in [5.41, 5.74) is 7.03. The Kier molecular flexibility index (Phi) is 4.66. The number of aryl methyl sites for hydroxylation is 2. The Hall–Kier alpha value is -0.830. The lowest BCUT2D eigenvalue weighted by Gasteiger charge is -2.12. The van der Waals surface area contributed by atoms with Crippen LogP contribution in [-0.4, -0.2) is 16.3 Å². The van der Waals surface area contributed by atoms with E-state index in [2.05, 4.69) is 18.2 Å². The van der Waals surface area contributed by atoms with Crippen molar-refractivity contribution < 1.29 is 0 Å². The van der Waals surface area contributed by atoms with Crippen molar-refractivity contribution in [1.29, 1.82) is 0 Å². The number of nitrogens with two attached hydrogens (primary N) is 1. The van der Waals surface area contributed by atoms with Crippen LogP contribution in [0.15, 0.2) is 12.4 Å². The van der Waals surface area contributed by atoms with Crippen LogP contribution in [0.5, 0.6) is 0 Å². The van der Waals surface area contributed by atoms with Gasteiger partial charge in [-0.15, -0.1) is 0 Å². The highest BCUT2D eigenvalue weighted by Gasteiger charge is 2.06. The number of nitrogens with zero attached hydrogens (tertiary/aromatic N) is 2. The highest BCUT2D eigenvalue weighted by Crippen LogP contribution is 2.13. The van der Waals surface area contributed by atoms with Gasteiger partial charge in [0.05, 0.1) is 6.20 Å². The molecule has 3 nitrogen and oxygen atoms in total. The summed E-state index contributed by atoms with van der Waals surface area (Å²) in [6.45, 7) is 3.03. The highest BCUT2D eigenvalue weighted by atomic mass is 15.2. The number of aromatic nitrogens is 2. The zero-order valence-electron chi connectivity index (χ0n) is 9.24. The summed E-state index contributed by atoms with van der Waals surface area (Å²) < 4.78 is 1.85. The Morgan fingerprint density at radius 3 is 2.79 bits per heavy atom. The van der Waals surface area contributed by atoms with Crippen LogP contribution < -0.4 is 5.73 Å². The van der Waals surface area contributed by atoms with Crippen molar-refractivity contribution in [2.75, 3.05) is 6.54 Å². The maximum absolute atomic E-state index is 5.71. The Balaban J connectivity index is 2.31. The minimum Gasteiger partial charge on any atom is -0.330 e. The van der Waals surface area contributed by atoms with E-state index in [9.17, 15) is 0 Å². The van der Waals surface area contributed by atoms with Gasteiger partial charge in [-0.25, -0.2) is 0 Å². The van der Waals surface area contributed by atoms with Gasteiger partial charge in [-0.1, -0.05) is 13.3 Å². The zero-order valence-corrected chi connectivity index (χ0v) is 9.24. The van der Waals surface area contributed by atoms with Crippen LogP contribution in [0.25, 0.3) is 0 Å². The van der Waals surface area contributed by atoms with E-state index in [0.29, 0.717) is 5.92 Å². The van der Waals surface area contributed by atoms with Gasteiger partial charge in [0.1, 0.15) is 0 Å². The van der Waals surface area contributed by atoms with Gasteiger partial charge >= 0.3 is 0 Å². The monoisotopic (exact) mass is 195 g/mol. The first-order valence-corrected chi connectivity index (χ1v) is 5.43. The SMILES string of the molecule is CCCC(CN)CCc1cnn(C)c1. The van der Waals surface area contributed by atoms with E-state index < -0.39 is 0 Å². The summed E-state index contributed by atoms with van der Waals surface area (Å²) in [5, 5.41) is 4.15.